The topological polar surface area (TPSA) is 171 Å². The van der Waals surface area contributed by atoms with Gasteiger partial charge in [-0.25, -0.2) is 17.8 Å². The molecule has 0 bridgehead atoms. The minimum absolute atomic E-state index is 0.0461. The SMILES string of the molecule is CCCCCCCCCCCCCCCCCCOc1ccc(S(=O)(=O)Nc2ccccc2Cl)cc1NC(=O)C(C(=O)c1nscc1-c1ccccc1)n1c(O)c(OCC)n(Cc2ccccc2)c1=O. The number of anilines is 2. The molecule has 374 valence electrons. The predicted molar refractivity (Wildman–Crippen MR) is 280 cm³/mol. The van der Waals surface area contributed by atoms with Gasteiger partial charge in [0.1, 0.15) is 11.4 Å². The molecule has 0 radical (unpaired) electrons. The van der Waals surface area contributed by atoms with Crippen LogP contribution < -0.4 is 25.2 Å². The van der Waals surface area contributed by atoms with Crippen molar-refractivity contribution in [3.63, 3.8) is 0 Å². The number of carbonyl (C=O) groups is 2. The van der Waals surface area contributed by atoms with Crippen molar-refractivity contribution in [3.8, 4) is 28.6 Å². The van der Waals surface area contributed by atoms with Gasteiger partial charge in [0.15, 0.2) is 6.04 Å². The fourth-order valence-electron chi connectivity index (χ4n) is 8.35. The van der Waals surface area contributed by atoms with Crippen molar-refractivity contribution in [2.45, 2.75) is 134 Å². The summed E-state index contributed by atoms with van der Waals surface area (Å²) >= 11 is 7.32. The van der Waals surface area contributed by atoms with Gasteiger partial charge in [-0.05, 0) is 66.3 Å². The standard InChI is InChI=1S/C54H66ClN5O8S2/c1-3-5-6-7-8-9-10-11-12-13-14-15-16-17-18-27-36-68-47-35-34-42(70(65,66)58-45-33-26-25-32-44(45)55)37-46(47)56-51(62)49(50(61)48-43(39-69-57-48)41-30-23-20-24-31-41)60-52(63)53(67-4-2)59(54(60)64)38-40-28-21-19-22-29-40/h19-26,28-35,37,39,49,58,63H,3-18,27,36,38H2,1-2H3,(H,56,62). The van der Waals surface area contributed by atoms with E-state index in [1.165, 1.54) is 101 Å². The van der Waals surface area contributed by atoms with Gasteiger partial charge >= 0.3 is 5.69 Å². The van der Waals surface area contributed by atoms with Gasteiger partial charge in [-0.2, -0.15) is 4.37 Å². The van der Waals surface area contributed by atoms with Gasteiger partial charge in [0.2, 0.25) is 5.78 Å². The molecule has 0 aliphatic rings. The maximum atomic E-state index is 15.0. The second-order valence-electron chi connectivity index (χ2n) is 17.4. The first-order valence-electron chi connectivity index (χ1n) is 24.6. The van der Waals surface area contributed by atoms with Crippen molar-refractivity contribution in [2.24, 2.45) is 0 Å². The number of hydrogen-bond donors (Lipinski definition) is 3. The van der Waals surface area contributed by atoms with E-state index < -0.39 is 39.3 Å². The monoisotopic (exact) mass is 1010 g/mol. The Hall–Kier alpha value is -5.90. The Morgan fingerprint density at radius 1 is 0.743 bits per heavy atom. The molecule has 0 aliphatic heterocycles. The van der Waals surface area contributed by atoms with Crippen molar-refractivity contribution in [1.29, 1.82) is 0 Å². The first kappa shape index (κ1) is 53.5. The van der Waals surface area contributed by atoms with E-state index >= 15 is 4.79 Å². The quantitative estimate of drug-likeness (QED) is 0.0218. The highest BCUT2D eigenvalue weighted by Gasteiger charge is 2.39. The van der Waals surface area contributed by atoms with Crippen LogP contribution >= 0.6 is 23.1 Å². The molecule has 0 fully saturated rings. The average Bonchev–Trinajstić information content (AvgIpc) is 3.94. The molecule has 1 amide bonds. The van der Waals surface area contributed by atoms with Gasteiger partial charge in [-0.3, -0.25) is 18.9 Å². The van der Waals surface area contributed by atoms with Crippen molar-refractivity contribution >= 4 is 56.2 Å². The van der Waals surface area contributed by atoms with E-state index in [-0.39, 0.29) is 58.4 Å². The Bertz CT molecular complexity index is 2760. The molecule has 1 unspecified atom stereocenters. The lowest BCUT2D eigenvalue weighted by Crippen LogP contribution is -2.39. The van der Waals surface area contributed by atoms with Crippen LogP contribution in [-0.4, -0.2) is 51.9 Å². The Morgan fingerprint density at radius 2 is 1.33 bits per heavy atom. The number of Topliss-reactive ketones (excluding diaryl/α,β-unsaturated/α-hetero) is 1. The fraction of sp³-hybridized carbons (Fsp3) is 0.407. The van der Waals surface area contributed by atoms with Crippen molar-refractivity contribution in [2.75, 3.05) is 23.3 Å². The second-order valence-corrected chi connectivity index (χ2v) is 20.1. The number of ether oxygens (including phenoxy) is 2. The number of aromatic nitrogens is 3. The molecule has 2 heterocycles. The van der Waals surface area contributed by atoms with Crippen LogP contribution in [0, 0.1) is 0 Å². The molecule has 0 saturated heterocycles. The highest BCUT2D eigenvalue weighted by atomic mass is 35.5. The number of unbranched alkanes of at least 4 members (excludes halogenated alkanes) is 15. The second kappa shape index (κ2) is 27.5. The van der Waals surface area contributed by atoms with Crippen molar-refractivity contribution < 1.29 is 32.6 Å². The molecule has 2 aromatic heterocycles. The van der Waals surface area contributed by atoms with Crippen LogP contribution in [0.1, 0.15) is 139 Å². The number of nitrogens with zero attached hydrogens (tertiary/aromatic N) is 3. The summed E-state index contributed by atoms with van der Waals surface area (Å²) in [5.41, 5.74) is 0.768. The lowest BCUT2D eigenvalue weighted by molar-refractivity contribution is -0.118. The molecule has 6 rings (SSSR count). The number of benzene rings is 4. The Labute approximate surface area is 421 Å². The van der Waals surface area contributed by atoms with E-state index in [1.54, 1.807) is 79.0 Å². The number of ketones is 1. The number of para-hydroxylation sites is 1. The van der Waals surface area contributed by atoms with Gasteiger partial charge in [0.25, 0.3) is 27.7 Å². The predicted octanol–water partition coefficient (Wildman–Crippen LogP) is 13.1. The van der Waals surface area contributed by atoms with Gasteiger partial charge in [-0.15, -0.1) is 0 Å². The molecule has 0 spiro atoms. The van der Waals surface area contributed by atoms with Crippen LogP contribution in [0.25, 0.3) is 11.1 Å². The van der Waals surface area contributed by atoms with E-state index in [4.69, 9.17) is 21.1 Å². The highest BCUT2D eigenvalue weighted by molar-refractivity contribution is 7.92. The lowest BCUT2D eigenvalue weighted by atomic mass is 10.0. The van der Waals surface area contributed by atoms with Crippen LogP contribution in [0.4, 0.5) is 11.4 Å². The van der Waals surface area contributed by atoms with Crippen molar-refractivity contribution in [3.05, 3.63) is 135 Å². The first-order valence-corrected chi connectivity index (χ1v) is 27.3. The van der Waals surface area contributed by atoms with Gasteiger partial charge < -0.3 is 19.9 Å². The molecular weight excluding hydrogens is 946 g/mol. The number of imidazole rings is 1. The molecule has 16 heteroatoms. The third-order valence-corrected chi connectivity index (χ3v) is 14.4. The highest BCUT2D eigenvalue weighted by Crippen LogP contribution is 2.36. The van der Waals surface area contributed by atoms with Gasteiger partial charge in [0.05, 0.1) is 41.1 Å². The number of sulfonamides is 1. The van der Waals surface area contributed by atoms with E-state index in [9.17, 15) is 23.1 Å². The summed E-state index contributed by atoms with van der Waals surface area (Å²) < 4.78 is 48.5. The number of rotatable bonds is 31. The van der Waals surface area contributed by atoms with E-state index in [0.29, 0.717) is 27.7 Å². The summed E-state index contributed by atoms with van der Waals surface area (Å²) in [6, 6.07) is 26.3. The Balaban J connectivity index is 1.24. The number of hydrogen-bond acceptors (Lipinski definition) is 10. The van der Waals surface area contributed by atoms with Gasteiger partial charge in [0, 0.05) is 10.9 Å². The summed E-state index contributed by atoms with van der Waals surface area (Å²) in [5, 5.41) is 16.4. The van der Waals surface area contributed by atoms with E-state index in [0.717, 1.165) is 35.4 Å². The maximum absolute atomic E-state index is 15.0. The summed E-state index contributed by atoms with van der Waals surface area (Å²) in [6.07, 6.45) is 19.4. The van der Waals surface area contributed by atoms with Crippen molar-refractivity contribution in [1.82, 2.24) is 13.5 Å². The van der Waals surface area contributed by atoms with Gasteiger partial charge in [-0.1, -0.05) is 188 Å². The third-order valence-electron chi connectivity index (χ3n) is 12.1. The summed E-state index contributed by atoms with van der Waals surface area (Å²) in [5.74, 6) is -2.85. The molecule has 13 nitrogen and oxygen atoms in total. The maximum Gasteiger partial charge on any atom is 0.335 e. The lowest BCUT2D eigenvalue weighted by Gasteiger charge is -2.19. The molecule has 0 saturated carbocycles. The Morgan fingerprint density at radius 3 is 1.94 bits per heavy atom. The normalized spacial score (nSPS) is 11.9. The Kier molecular flexibility index (Phi) is 21.0. The molecule has 3 N–H and O–H groups in total. The minimum atomic E-state index is -4.31. The molecule has 1 atom stereocenters. The number of carbonyl (C=O) groups excluding carboxylic acids is 2. The molecule has 0 aliphatic carbocycles. The van der Waals surface area contributed by atoms with Crippen LogP contribution in [0.15, 0.2) is 118 Å². The number of amides is 1. The summed E-state index contributed by atoms with van der Waals surface area (Å²) in [4.78, 5) is 44.3. The number of nitrogens with one attached hydrogen (secondary N) is 2. The number of aromatic hydroxyl groups is 1. The average molecular weight is 1010 g/mol. The molecule has 6 aromatic rings. The third kappa shape index (κ3) is 14.8. The minimum Gasteiger partial charge on any atom is -0.491 e. The zero-order valence-corrected chi connectivity index (χ0v) is 42.6. The fourth-order valence-corrected chi connectivity index (χ4v) is 10.4. The van der Waals surface area contributed by atoms with Crippen LogP contribution in [0.3, 0.4) is 0 Å². The summed E-state index contributed by atoms with van der Waals surface area (Å²) in [6.45, 7) is 4.17. The zero-order valence-electron chi connectivity index (χ0n) is 40.2. The zero-order chi connectivity index (χ0) is 49.7. The largest absolute Gasteiger partial charge is 0.491 e. The molecule has 70 heavy (non-hydrogen) atoms. The van der Waals surface area contributed by atoms with Crippen LogP contribution in [0.2, 0.25) is 5.02 Å². The number of halogens is 1. The van der Waals surface area contributed by atoms with E-state index in [2.05, 4.69) is 21.3 Å². The summed E-state index contributed by atoms with van der Waals surface area (Å²) in [7, 11) is -4.31. The molecule has 4 aromatic carbocycles. The van der Waals surface area contributed by atoms with Crippen LogP contribution in [0.5, 0.6) is 17.5 Å². The molecular formula is C54H66ClN5O8S2. The smallest absolute Gasteiger partial charge is 0.335 e. The van der Waals surface area contributed by atoms with E-state index in [1.807, 2.05) is 12.1 Å². The first-order chi connectivity index (χ1) is 34.0. The van der Waals surface area contributed by atoms with Crippen LogP contribution in [-0.2, 0) is 21.4 Å².